The molecule has 1 aromatic heterocycles. The summed E-state index contributed by atoms with van der Waals surface area (Å²) in [6.07, 6.45) is 0. The molecule has 0 bridgehead atoms. The van der Waals surface area contributed by atoms with Gasteiger partial charge in [0.2, 0.25) is 0 Å². The predicted octanol–water partition coefficient (Wildman–Crippen LogP) is 4.58. The molecule has 2 aromatic carbocycles. The van der Waals surface area contributed by atoms with Crippen molar-refractivity contribution in [1.82, 2.24) is 5.43 Å². The highest BCUT2D eigenvalue weighted by Gasteiger charge is 2.05. The average Bonchev–Trinajstić information content (AvgIpc) is 3.04. The van der Waals surface area contributed by atoms with Crippen LogP contribution in [-0.2, 0) is 4.79 Å². The lowest BCUT2D eigenvalue weighted by Gasteiger charge is -2.06. The highest BCUT2D eigenvalue weighted by atomic mass is 79.9. The largest absolute Gasteiger partial charge is 0.484 e. The SMILES string of the molecule is C/C(=N\NC(=O)COc1ccc2ccccc2c1)c1ccc(Br)s1. The number of amides is 1. The second-order valence-electron chi connectivity index (χ2n) is 5.13. The highest BCUT2D eigenvalue weighted by molar-refractivity contribution is 9.11. The Morgan fingerprint density at radius 2 is 1.96 bits per heavy atom. The zero-order valence-corrected chi connectivity index (χ0v) is 15.4. The minimum Gasteiger partial charge on any atom is -0.484 e. The second-order valence-corrected chi connectivity index (χ2v) is 7.60. The summed E-state index contributed by atoms with van der Waals surface area (Å²) in [5.41, 5.74) is 3.27. The van der Waals surface area contributed by atoms with E-state index in [1.165, 1.54) is 0 Å². The molecule has 4 nitrogen and oxygen atoms in total. The van der Waals surface area contributed by atoms with Gasteiger partial charge in [0.15, 0.2) is 6.61 Å². The van der Waals surface area contributed by atoms with Crippen molar-refractivity contribution in [2.75, 3.05) is 6.61 Å². The van der Waals surface area contributed by atoms with Gasteiger partial charge < -0.3 is 4.74 Å². The monoisotopic (exact) mass is 402 g/mol. The normalized spacial score (nSPS) is 11.5. The minimum absolute atomic E-state index is 0.0801. The number of hydrogen-bond acceptors (Lipinski definition) is 4. The summed E-state index contributed by atoms with van der Waals surface area (Å²) < 4.78 is 6.56. The molecule has 122 valence electrons. The first-order chi connectivity index (χ1) is 11.6. The van der Waals surface area contributed by atoms with Gasteiger partial charge in [-0.3, -0.25) is 4.79 Å². The fraction of sp³-hybridized carbons (Fsp3) is 0.111. The van der Waals surface area contributed by atoms with Crippen LogP contribution in [0.25, 0.3) is 10.8 Å². The van der Waals surface area contributed by atoms with Gasteiger partial charge in [-0.1, -0.05) is 30.3 Å². The first-order valence-electron chi connectivity index (χ1n) is 7.32. The molecule has 6 heteroatoms. The van der Waals surface area contributed by atoms with Crippen LogP contribution in [0.5, 0.6) is 5.75 Å². The zero-order chi connectivity index (χ0) is 16.9. The van der Waals surface area contributed by atoms with Gasteiger partial charge in [0.05, 0.1) is 14.4 Å². The van der Waals surface area contributed by atoms with Crippen molar-refractivity contribution in [2.45, 2.75) is 6.92 Å². The number of hydrazone groups is 1. The van der Waals surface area contributed by atoms with Gasteiger partial charge in [-0.2, -0.15) is 5.10 Å². The molecule has 0 aliphatic heterocycles. The van der Waals surface area contributed by atoms with Gasteiger partial charge in [-0.25, -0.2) is 5.43 Å². The number of hydrogen-bond donors (Lipinski definition) is 1. The fourth-order valence-electron chi connectivity index (χ4n) is 2.15. The predicted molar refractivity (Wildman–Crippen MR) is 102 cm³/mol. The van der Waals surface area contributed by atoms with E-state index >= 15 is 0 Å². The molecule has 0 aliphatic carbocycles. The van der Waals surface area contributed by atoms with Crippen LogP contribution in [0.2, 0.25) is 0 Å². The summed E-state index contributed by atoms with van der Waals surface area (Å²) in [5.74, 6) is 0.366. The molecule has 0 spiro atoms. The third-order valence-corrected chi connectivity index (χ3v) is 5.10. The molecule has 1 N–H and O–H groups in total. The van der Waals surface area contributed by atoms with Crippen molar-refractivity contribution in [1.29, 1.82) is 0 Å². The lowest BCUT2D eigenvalue weighted by atomic mass is 10.1. The highest BCUT2D eigenvalue weighted by Crippen LogP contribution is 2.22. The van der Waals surface area contributed by atoms with E-state index in [-0.39, 0.29) is 12.5 Å². The lowest BCUT2D eigenvalue weighted by Crippen LogP contribution is -2.25. The van der Waals surface area contributed by atoms with Crippen LogP contribution in [0.3, 0.4) is 0 Å². The molecule has 3 aromatic rings. The van der Waals surface area contributed by atoms with Crippen LogP contribution >= 0.6 is 27.3 Å². The summed E-state index contributed by atoms with van der Waals surface area (Å²) in [7, 11) is 0. The molecule has 0 fully saturated rings. The maximum atomic E-state index is 11.9. The smallest absolute Gasteiger partial charge is 0.277 e. The Hall–Kier alpha value is -2.18. The third kappa shape index (κ3) is 4.21. The van der Waals surface area contributed by atoms with Crippen molar-refractivity contribution >= 4 is 49.7 Å². The van der Waals surface area contributed by atoms with Crippen LogP contribution in [0.4, 0.5) is 0 Å². The number of halogens is 1. The number of thiophene rings is 1. The zero-order valence-electron chi connectivity index (χ0n) is 13.0. The van der Waals surface area contributed by atoms with Gasteiger partial charge in [-0.05, 0) is 57.9 Å². The Labute approximate surface area is 152 Å². The molecule has 0 saturated carbocycles. The number of benzene rings is 2. The van der Waals surface area contributed by atoms with Crippen molar-refractivity contribution in [3.63, 3.8) is 0 Å². The topological polar surface area (TPSA) is 50.7 Å². The van der Waals surface area contributed by atoms with E-state index in [9.17, 15) is 4.79 Å². The molecular formula is C18H15BrN2O2S. The fourth-order valence-corrected chi connectivity index (χ4v) is 3.48. The standard InChI is InChI=1S/C18H15BrN2O2S/c1-12(16-8-9-17(19)24-16)20-21-18(22)11-23-15-7-6-13-4-2-3-5-14(13)10-15/h2-10H,11H2,1H3,(H,21,22)/b20-12+. The molecule has 24 heavy (non-hydrogen) atoms. The van der Waals surface area contributed by atoms with Crippen LogP contribution in [0.1, 0.15) is 11.8 Å². The van der Waals surface area contributed by atoms with Gasteiger partial charge in [0.25, 0.3) is 5.91 Å². The van der Waals surface area contributed by atoms with E-state index in [0.717, 1.165) is 25.1 Å². The number of ether oxygens (including phenoxy) is 1. The van der Waals surface area contributed by atoms with Crippen molar-refractivity contribution in [3.8, 4) is 5.75 Å². The number of carbonyl (C=O) groups excluding carboxylic acids is 1. The van der Waals surface area contributed by atoms with Gasteiger partial charge in [-0.15, -0.1) is 11.3 Å². The molecule has 1 heterocycles. The molecule has 3 rings (SSSR count). The third-order valence-electron chi connectivity index (χ3n) is 3.37. The molecule has 0 saturated heterocycles. The van der Waals surface area contributed by atoms with Crippen LogP contribution in [-0.4, -0.2) is 18.2 Å². The maximum absolute atomic E-state index is 11.9. The molecule has 0 radical (unpaired) electrons. The summed E-state index contributed by atoms with van der Waals surface area (Å²) in [6.45, 7) is 1.77. The quantitative estimate of drug-likeness (QED) is 0.501. The summed E-state index contributed by atoms with van der Waals surface area (Å²) in [6, 6.07) is 17.6. The Balaban J connectivity index is 1.56. The lowest BCUT2D eigenvalue weighted by molar-refractivity contribution is -0.123. The van der Waals surface area contributed by atoms with E-state index in [0.29, 0.717) is 5.75 Å². The first kappa shape index (κ1) is 16.7. The van der Waals surface area contributed by atoms with E-state index in [1.54, 1.807) is 11.3 Å². The van der Waals surface area contributed by atoms with E-state index in [2.05, 4.69) is 26.5 Å². The Morgan fingerprint density at radius 1 is 1.17 bits per heavy atom. The Morgan fingerprint density at radius 3 is 2.71 bits per heavy atom. The van der Waals surface area contributed by atoms with E-state index in [1.807, 2.05) is 61.5 Å². The summed E-state index contributed by atoms with van der Waals surface area (Å²) in [4.78, 5) is 12.9. The van der Waals surface area contributed by atoms with E-state index in [4.69, 9.17) is 4.74 Å². The van der Waals surface area contributed by atoms with Gasteiger partial charge in [0, 0.05) is 0 Å². The molecule has 0 aliphatic rings. The van der Waals surface area contributed by atoms with Crippen molar-refractivity contribution in [3.05, 3.63) is 63.3 Å². The van der Waals surface area contributed by atoms with E-state index < -0.39 is 0 Å². The summed E-state index contributed by atoms with van der Waals surface area (Å²) in [5, 5.41) is 6.31. The molecule has 0 atom stereocenters. The Kier molecular flexibility index (Phi) is 5.27. The summed E-state index contributed by atoms with van der Waals surface area (Å²) >= 11 is 4.97. The maximum Gasteiger partial charge on any atom is 0.277 e. The minimum atomic E-state index is -0.293. The number of nitrogens with one attached hydrogen (secondary N) is 1. The number of carbonyl (C=O) groups is 1. The van der Waals surface area contributed by atoms with Crippen LogP contribution in [0, 0.1) is 0 Å². The molecule has 0 unspecified atom stereocenters. The molecule has 1 amide bonds. The number of fused-ring (bicyclic) bond motifs is 1. The Bertz CT molecular complexity index is 905. The molecular weight excluding hydrogens is 388 g/mol. The van der Waals surface area contributed by atoms with Crippen LogP contribution < -0.4 is 10.2 Å². The second kappa shape index (κ2) is 7.59. The number of rotatable bonds is 5. The average molecular weight is 403 g/mol. The van der Waals surface area contributed by atoms with Gasteiger partial charge in [0.1, 0.15) is 5.75 Å². The first-order valence-corrected chi connectivity index (χ1v) is 8.93. The van der Waals surface area contributed by atoms with Crippen molar-refractivity contribution < 1.29 is 9.53 Å². The van der Waals surface area contributed by atoms with Crippen molar-refractivity contribution in [2.24, 2.45) is 5.10 Å². The van der Waals surface area contributed by atoms with Gasteiger partial charge >= 0.3 is 0 Å². The number of nitrogens with zero attached hydrogens (tertiary/aromatic N) is 1. The van der Waals surface area contributed by atoms with Crippen LogP contribution in [0.15, 0.2) is 63.5 Å².